The molecule has 1 aliphatic rings. The molecule has 8 heteroatoms. The number of aromatic nitrogens is 2. The van der Waals surface area contributed by atoms with Crippen LogP contribution in [-0.2, 0) is 10.0 Å². The minimum atomic E-state index is -3.55. The van der Waals surface area contributed by atoms with E-state index in [1.54, 1.807) is 40.7 Å². The Morgan fingerprint density at radius 3 is 2.28 bits per heavy atom. The molecule has 2 aromatic carbocycles. The third-order valence-electron chi connectivity index (χ3n) is 5.62. The monoisotopic (exact) mass is 447 g/mol. The number of nitriles is 1. The molecule has 1 saturated heterocycles. The second-order valence-corrected chi connectivity index (χ2v) is 9.82. The summed E-state index contributed by atoms with van der Waals surface area (Å²) in [5.41, 5.74) is 3.42. The van der Waals surface area contributed by atoms with E-state index in [-0.39, 0.29) is 0 Å². The summed E-state index contributed by atoms with van der Waals surface area (Å²) in [4.78, 5) is 0.332. The maximum Gasteiger partial charge on any atom is 0.243 e. The Bertz CT molecular complexity index is 1220. The van der Waals surface area contributed by atoms with Gasteiger partial charge in [0, 0.05) is 24.3 Å². The summed E-state index contributed by atoms with van der Waals surface area (Å²) in [6.45, 7) is 2.97. The van der Waals surface area contributed by atoms with E-state index in [0.29, 0.717) is 40.6 Å². The zero-order chi connectivity index (χ0) is 22.6. The highest BCUT2D eigenvalue weighted by molar-refractivity contribution is 7.89. The average Bonchev–Trinajstić information content (AvgIpc) is 3.11. The van der Waals surface area contributed by atoms with E-state index >= 15 is 0 Å². The van der Waals surface area contributed by atoms with Crippen molar-refractivity contribution in [3.63, 3.8) is 0 Å². The quantitative estimate of drug-likeness (QED) is 0.612. The largest absolute Gasteiger partial charge is 0.339 e. The molecule has 7 nitrogen and oxygen atoms in total. The maximum absolute atomic E-state index is 13.3. The molecule has 0 spiro atoms. The van der Waals surface area contributed by atoms with Gasteiger partial charge in [-0.3, -0.25) is 0 Å². The highest BCUT2D eigenvalue weighted by Crippen LogP contribution is 2.28. The topological polar surface area (TPSA) is 99.0 Å². The molecule has 2 heterocycles. The second kappa shape index (κ2) is 9.47. The second-order valence-electron chi connectivity index (χ2n) is 7.92. The van der Waals surface area contributed by atoms with Crippen molar-refractivity contribution in [3.05, 3.63) is 65.7 Å². The van der Waals surface area contributed by atoms with Gasteiger partial charge in [-0.15, -0.1) is 10.2 Å². The first-order valence-electron chi connectivity index (χ1n) is 10.7. The van der Waals surface area contributed by atoms with E-state index in [2.05, 4.69) is 21.6 Å². The number of hydrogen-bond donors (Lipinski definition) is 1. The van der Waals surface area contributed by atoms with Gasteiger partial charge in [0.05, 0.1) is 22.2 Å². The molecule has 0 atom stereocenters. The molecule has 0 aliphatic carbocycles. The van der Waals surface area contributed by atoms with Crippen LogP contribution in [0.1, 0.15) is 36.8 Å². The third kappa shape index (κ3) is 4.79. The van der Waals surface area contributed by atoms with Crippen LogP contribution in [-0.4, -0.2) is 36.0 Å². The molecule has 1 aromatic heterocycles. The number of nitrogens with zero attached hydrogens (tertiary/aromatic N) is 4. The predicted molar refractivity (Wildman–Crippen MR) is 124 cm³/mol. The van der Waals surface area contributed by atoms with Crippen molar-refractivity contribution in [2.24, 2.45) is 0 Å². The predicted octanol–water partition coefficient (Wildman–Crippen LogP) is 4.63. The molecular formula is C24H25N5O2S. The molecular weight excluding hydrogens is 422 g/mol. The van der Waals surface area contributed by atoms with Gasteiger partial charge in [-0.25, -0.2) is 8.42 Å². The average molecular weight is 448 g/mol. The Kier molecular flexibility index (Phi) is 6.49. The Morgan fingerprint density at radius 2 is 1.66 bits per heavy atom. The van der Waals surface area contributed by atoms with Crippen LogP contribution >= 0.6 is 0 Å². The number of rotatable bonds is 5. The molecule has 164 valence electrons. The van der Waals surface area contributed by atoms with E-state index in [4.69, 9.17) is 5.26 Å². The van der Waals surface area contributed by atoms with E-state index < -0.39 is 10.0 Å². The van der Waals surface area contributed by atoms with Crippen LogP contribution in [0.4, 0.5) is 11.5 Å². The Hall–Kier alpha value is -3.28. The van der Waals surface area contributed by atoms with Crippen LogP contribution in [0.2, 0.25) is 0 Å². The van der Waals surface area contributed by atoms with Gasteiger partial charge in [0.2, 0.25) is 10.0 Å². The van der Waals surface area contributed by atoms with E-state index in [1.165, 1.54) is 0 Å². The lowest BCUT2D eigenvalue weighted by Gasteiger charge is -2.21. The Labute approximate surface area is 188 Å². The van der Waals surface area contributed by atoms with Gasteiger partial charge in [-0.1, -0.05) is 25.0 Å². The number of nitrogens with one attached hydrogen (secondary N) is 1. The lowest BCUT2D eigenvalue weighted by molar-refractivity contribution is 0.423. The number of anilines is 2. The summed E-state index contributed by atoms with van der Waals surface area (Å²) in [6.07, 6.45) is 3.95. The lowest BCUT2D eigenvalue weighted by atomic mass is 10.1. The van der Waals surface area contributed by atoms with Crippen LogP contribution in [0.15, 0.2) is 59.5 Å². The molecule has 0 amide bonds. The van der Waals surface area contributed by atoms with Crippen molar-refractivity contribution in [2.75, 3.05) is 18.4 Å². The van der Waals surface area contributed by atoms with Gasteiger partial charge < -0.3 is 5.32 Å². The summed E-state index contributed by atoms with van der Waals surface area (Å²) in [5.74, 6) is 0.558. The van der Waals surface area contributed by atoms with Gasteiger partial charge in [-0.2, -0.15) is 9.57 Å². The number of aryl methyl sites for hydroxylation is 1. The summed E-state index contributed by atoms with van der Waals surface area (Å²) in [7, 11) is -3.55. The third-order valence-corrected chi connectivity index (χ3v) is 7.66. The minimum absolute atomic E-state index is 0.332. The first-order chi connectivity index (χ1) is 15.5. The molecule has 3 aromatic rings. The Morgan fingerprint density at radius 1 is 0.938 bits per heavy atom. The molecule has 0 saturated carbocycles. The van der Waals surface area contributed by atoms with Crippen LogP contribution in [0.5, 0.6) is 0 Å². The number of hydrogen-bond acceptors (Lipinski definition) is 6. The summed E-state index contributed by atoms with van der Waals surface area (Å²) >= 11 is 0. The van der Waals surface area contributed by atoms with Crippen LogP contribution in [0, 0.1) is 18.3 Å². The summed E-state index contributed by atoms with van der Waals surface area (Å²) in [6, 6.07) is 18.1. The molecule has 32 heavy (non-hydrogen) atoms. The maximum atomic E-state index is 13.3. The molecule has 0 bridgehead atoms. The molecule has 1 N–H and O–H groups in total. The smallest absolute Gasteiger partial charge is 0.243 e. The number of benzene rings is 2. The lowest BCUT2D eigenvalue weighted by Crippen LogP contribution is -2.32. The zero-order valence-corrected chi connectivity index (χ0v) is 18.8. The normalized spacial score (nSPS) is 15.0. The molecule has 4 rings (SSSR count). The van der Waals surface area contributed by atoms with Crippen molar-refractivity contribution in [2.45, 2.75) is 37.5 Å². The van der Waals surface area contributed by atoms with Crippen LogP contribution in [0.3, 0.4) is 0 Å². The van der Waals surface area contributed by atoms with Crippen molar-refractivity contribution in [1.29, 1.82) is 5.26 Å². The van der Waals surface area contributed by atoms with Gasteiger partial charge in [0.25, 0.3) is 0 Å². The fraction of sp³-hybridized carbons (Fsp3) is 0.292. The molecule has 0 radical (unpaired) electrons. The van der Waals surface area contributed by atoms with Crippen LogP contribution < -0.4 is 5.32 Å². The van der Waals surface area contributed by atoms with E-state index in [1.807, 2.05) is 25.1 Å². The van der Waals surface area contributed by atoms with E-state index in [9.17, 15) is 8.42 Å². The van der Waals surface area contributed by atoms with Gasteiger partial charge in [0.15, 0.2) is 5.82 Å². The fourth-order valence-electron chi connectivity index (χ4n) is 3.79. The fourth-order valence-corrected chi connectivity index (χ4v) is 5.56. The van der Waals surface area contributed by atoms with Crippen molar-refractivity contribution in [1.82, 2.24) is 14.5 Å². The molecule has 0 unspecified atom stereocenters. The van der Waals surface area contributed by atoms with E-state index in [0.717, 1.165) is 36.9 Å². The van der Waals surface area contributed by atoms with Gasteiger partial charge in [-0.05, 0) is 67.8 Å². The zero-order valence-electron chi connectivity index (χ0n) is 18.0. The molecule has 1 fully saturated rings. The molecule has 1 aliphatic heterocycles. The SMILES string of the molecule is Cc1ccc(-c2ccc(Nc3ccc(C#N)cc3)nn2)cc1S(=O)(=O)N1CCCCCC1. The standard InChI is InChI=1S/C24H25N5O2S/c1-18-6-9-20(16-23(18)32(30,31)29-14-4-2-3-5-15-29)22-12-13-24(28-27-22)26-21-10-7-19(17-25)8-11-21/h6-13,16H,2-5,14-15H2,1H3,(H,26,28). The van der Waals surface area contributed by atoms with Crippen molar-refractivity contribution >= 4 is 21.5 Å². The van der Waals surface area contributed by atoms with Crippen molar-refractivity contribution in [3.8, 4) is 17.3 Å². The van der Waals surface area contributed by atoms with Crippen molar-refractivity contribution < 1.29 is 8.42 Å². The van der Waals surface area contributed by atoms with Gasteiger partial charge in [0.1, 0.15) is 0 Å². The highest BCUT2D eigenvalue weighted by atomic mass is 32.2. The first-order valence-corrected chi connectivity index (χ1v) is 12.1. The number of sulfonamides is 1. The highest BCUT2D eigenvalue weighted by Gasteiger charge is 2.27. The Balaban J connectivity index is 1.56. The van der Waals surface area contributed by atoms with Gasteiger partial charge >= 0.3 is 0 Å². The minimum Gasteiger partial charge on any atom is -0.339 e. The first kappa shape index (κ1) is 21.9. The summed E-state index contributed by atoms with van der Waals surface area (Å²) < 4.78 is 28.2. The summed E-state index contributed by atoms with van der Waals surface area (Å²) in [5, 5.41) is 20.5. The van der Waals surface area contributed by atoms with Crippen LogP contribution in [0.25, 0.3) is 11.3 Å².